The minimum atomic E-state index is -3.16. The van der Waals surface area contributed by atoms with E-state index in [1.165, 1.54) is 0 Å². The largest absolute Gasteiger partial charge is 0.348 e. The van der Waals surface area contributed by atoms with Gasteiger partial charge in [0.05, 0.1) is 17.0 Å². The highest BCUT2D eigenvalue weighted by molar-refractivity contribution is 7.91. The van der Waals surface area contributed by atoms with Crippen molar-refractivity contribution in [3.63, 3.8) is 0 Å². The van der Waals surface area contributed by atoms with Crippen molar-refractivity contribution < 1.29 is 22.8 Å². The van der Waals surface area contributed by atoms with Crippen LogP contribution in [0.3, 0.4) is 0 Å². The summed E-state index contributed by atoms with van der Waals surface area (Å²) in [4.78, 5) is 38.9. The second-order valence-electron chi connectivity index (χ2n) is 9.71. The molecule has 3 atom stereocenters. The van der Waals surface area contributed by atoms with Crippen LogP contribution in [0.5, 0.6) is 0 Å². The van der Waals surface area contributed by atoms with Gasteiger partial charge in [-0.25, -0.2) is 13.2 Å². The van der Waals surface area contributed by atoms with Crippen LogP contribution in [0.15, 0.2) is 0 Å². The van der Waals surface area contributed by atoms with Gasteiger partial charge >= 0.3 is 6.03 Å². The molecular formula is C18H29N3O5S. The molecule has 1 spiro atoms. The van der Waals surface area contributed by atoms with Crippen LogP contribution in [0.4, 0.5) is 4.79 Å². The zero-order chi connectivity index (χ0) is 20.3. The molecule has 0 radical (unpaired) electrons. The number of hydrogen-bond donors (Lipinski definition) is 2. The molecule has 152 valence electrons. The molecule has 1 aliphatic carbocycles. The van der Waals surface area contributed by atoms with Gasteiger partial charge < -0.3 is 10.6 Å². The van der Waals surface area contributed by atoms with Crippen LogP contribution in [0, 0.1) is 11.3 Å². The molecule has 2 N–H and O–H groups in total. The molecule has 2 heterocycles. The molecule has 27 heavy (non-hydrogen) atoms. The first-order valence-electron chi connectivity index (χ1n) is 9.41. The monoisotopic (exact) mass is 399 g/mol. The van der Waals surface area contributed by atoms with Crippen molar-refractivity contribution in [2.45, 2.75) is 64.5 Å². The summed E-state index contributed by atoms with van der Waals surface area (Å²) in [7, 11) is -3.16. The maximum absolute atomic E-state index is 13.0. The average molecular weight is 400 g/mol. The fourth-order valence-electron chi connectivity index (χ4n) is 5.28. The van der Waals surface area contributed by atoms with E-state index in [0.717, 1.165) is 11.3 Å². The summed E-state index contributed by atoms with van der Waals surface area (Å²) in [5.41, 5.74) is -1.88. The van der Waals surface area contributed by atoms with Crippen molar-refractivity contribution >= 4 is 27.7 Å². The van der Waals surface area contributed by atoms with Crippen molar-refractivity contribution in [1.82, 2.24) is 15.5 Å². The van der Waals surface area contributed by atoms with Gasteiger partial charge in [-0.2, -0.15) is 0 Å². The molecule has 9 heteroatoms. The third-order valence-electron chi connectivity index (χ3n) is 5.87. The van der Waals surface area contributed by atoms with E-state index in [2.05, 4.69) is 31.4 Å². The van der Waals surface area contributed by atoms with E-state index in [0.29, 0.717) is 19.3 Å². The molecule has 4 amide bonds. The lowest BCUT2D eigenvalue weighted by molar-refractivity contribution is -0.138. The van der Waals surface area contributed by atoms with Crippen molar-refractivity contribution in [3.05, 3.63) is 0 Å². The SMILES string of the molecule is CC1CC(C)(C)CC2(C1)NC(=O)N(CC(=O)NC1(C)CCS(=O)(=O)C1)C2=O. The zero-order valence-electron chi connectivity index (χ0n) is 16.4. The van der Waals surface area contributed by atoms with Gasteiger partial charge in [-0.3, -0.25) is 14.5 Å². The fraction of sp³-hybridized carbons (Fsp3) is 0.833. The Morgan fingerprint density at radius 1 is 1.26 bits per heavy atom. The van der Waals surface area contributed by atoms with Crippen LogP contribution in [0.25, 0.3) is 0 Å². The van der Waals surface area contributed by atoms with E-state index in [9.17, 15) is 22.8 Å². The highest BCUT2D eigenvalue weighted by Gasteiger charge is 2.56. The summed E-state index contributed by atoms with van der Waals surface area (Å²) in [5, 5.41) is 5.54. The Labute approximate surface area is 160 Å². The first kappa shape index (κ1) is 20.1. The summed E-state index contributed by atoms with van der Waals surface area (Å²) >= 11 is 0. The van der Waals surface area contributed by atoms with Crippen molar-refractivity contribution in [2.24, 2.45) is 11.3 Å². The average Bonchev–Trinajstić information content (AvgIpc) is 2.84. The first-order valence-corrected chi connectivity index (χ1v) is 11.2. The maximum atomic E-state index is 13.0. The van der Waals surface area contributed by atoms with Gasteiger partial charge in [0.25, 0.3) is 5.91 Å². The lowest BCUT2D eigenvalue weighted by Crippen LogP contribution is -2.55. The number of hydrogen-bond acceptors (Lipinski definition) is 5. The Morgan fingerprint density at radius 2 is 1.93 bits per heavy atom. The second-order valence-corrected chi connectivity index (χ2v) is 11.9. The Kier molecular flexibility index (Phi) is 4.61. The first-order chi connectivity index (χ1) is 12.2. The van der Waals surface area contributed by atoms with E-state index in [1.54, 1.807) is 6.92 Å². The Morgan fingerprint density at radius 3 is 2.48 bits per heavy atom. The van der Waals surface area contributed by atoms with E-state index in [1.807, 2.05) is 0 Å². The quantitative estimate of drug-likeness (QED) is 0.682. The van der Waals surface area contributed by atoms with E-state index in [4.69, 9.17) is 0 Å². The molecule has 0 aromatic rings. The second kappa shape index (κ2) is 6.18. The summed E-state index contributed by atoms with van der Waals surface area (Å²) in [6.45, 7) is 7.52. The van der Waals surface area contributed by atoms with Crippen LogP contribution in [0.2, 0.25) is 0 Å². The molecule has 2 saturated heterocycles. The van der Waals surface area contributed by atoms with Gasteiger partial charge in [0, 0.05) is 0 Å². The van der Waals surface area contributed by atoms with Gasteiger partial charge in [0.2, 0.25) is 5.91 Å². The Hall–Kier alpha value is -1.64. The van der Waals surface area contributed by atoms with Crippen molar-refractivity contribution in [2.75, 3.05) is 18.1 Å². The van der Waals surface area contributed by atoms with Crippen molar-refractivity contribution in [1.29, 1.82) is 0 Å². The molecule has 8 nitrogen and oxygen atoms in total. The third kappa shape index (κ3) is 3.97. The van der Waals surface area contributed by atoms with E-state index >= 15 is 0 Å². The highest BCUT2D eigenvalue weighted by atomic mass is 32.2. The fourth-order valence-corrected chi connectivity index (χ4v) is 7.37. The molecule has 3 aliphatic rings. The van der Waals surface area contributed by atoms with Crippen LogP contribution >= 0.6 is 0 Å². The molecule has 2 aliphatic heterocycles. The van der Waals surface area contributed by atoms with Gasteiger partial charge in [-0.05, 0) is 43.9 Å². The minimum Gasteiger partial charge on any atom is -0.348 e. The molecule has 0 bridgehead atoms. The molecular weight excluding hydrogens is 370 g/mol. The molecule has 3 unspecified atom stereocenters. The van der Waals surface area contributed by atoms with Gasteiger partial charge in [-0.1, -0.05) is 20.8 Å². The number of urea groups is 1. The minimum absolute atomic E-state index is 0.0307. The summed E-state index contributed by atoms with van der Waals surface area (Å²) in [5.74, 6) is -0.677. The van der Waals surface area contributed by atoms with Gasteiger partial charge in [-0.15, -0.1) is 0 Å². The van der Waals surface area contributed by atoms with E-state index < -0.39 is 39.4 Å². The van der Waals surface area contributed by atoms with Crippen LogP contribution in [-0.4, -0.2) is 60.3 Å². The standard InChI is InChI=1S/C18H29N3O5S/c1-12-7-16(2,3)10-18(8-12)14(23)21(15(24)20-18)9-13(22)19-17(4)5-6-27(25,26)11-17/h12H,5-11H2,1-4H3,(H,19,22)(H,20,24). The Bertz CT molecular complexity index is 793. The smallest absolute Gasteiger partial charge is 0.325 e. The number of imide groups is 1. The molecule has 3 fully saturated rings. The number of rotatable bonds is 3. The van der Waals surface area contributed by atoms with Gasteiger partial charge in [0.1, 0.15) is 12.1 Å². The van der Waals surface area contributed by atoms with Crippen LogP contribution < -0.4 is 10.6 Å². The number of amides is 4. The van der Waals surface area contributed by atoms with Gasteiger partial charge in [0.15, 0.2) is 9.84 Å². The summed E-state index contributed by atoms with van der Waals surface area (Å²) in [6, 6.07) is -0.552. The molecule has 3 rings (SSSR count). The van der Waals surface area contributed by atoms with Crippen LogP contribution in [0.1, 0.15) is 53.4 Å². The lowest BCUT2D eigenvalue weighted by Gasteiger charge is -2.43. The van der Waals surface area contributed by atoms with Crippen LogP contribution in [-0.2, 0) is 19.4 Å². The number of nitrogens with zero attached hydrogens (tertiary/aromatic N) is 1. The lowest BCUT2D eigenvalue weighted by atomic mass is 9.64. The summed E-state index contributed by atoms with van der Waals surface area (Å²) < 4.78 is 23.4. The number of carbonyl (C=O) groups excluding carboxylic acids is 3. The highest BCUT2D eigenvalue weighted by Crippen LogP contribution is 2.46. The predicted octanol–water partition coefficient (Wildman–Crippen LogP) is 0.817. The molecule has 1 saturated carbocycles. The predicted molar refractivity (Wildman–Crippen MR) is 99.6 cm³/mol. The number of carbonyl (C=O) groups is 3. The van der Waals surface area contributed by atoms with E-state index in [-0.39, 0.29) is 28.7 Å². The Balaban J connectivity index is 1.70. The third-order valence-corrected chi connectivity index (χ3v) is 7.77. The normalized spacial score (nSPS) is 37.5. The number of sulfone groups is 1. The van der Waals surface area contributed by atoms with Crippen molar-refractivity contribution in [3.8, 4) is 0 Å². The maximum Gasteiger partial charge on any atom is 0.325 e. The topological polar surface area (TPSA) is 113 Å². The molecule has 0 aromatic heterocycles. The summed E-state index contributed by atoms with van der Waals surface area (Å²) in [6.07, 6.45) is 2.42. The zero-order valence-corrected chi connectivity index (χ0v) is 17.2. The number of nitrogens with one attached hydrogen (secondary N) is 2. The molecule has 0 aromatic carbocycles.